The molecule has 0 spiro atoms. The van der Waals surface area contributed by atoms with Crippen molar-refractivity contribution in [1.29, 1.82) is 0 Å². The highest BCUT2D eigenvalue weighted by Gasteiger charge is 2.34. The zero-order valence-corrected chi connectivity index (χ0v) is 16.7. The van der Waals surface area contributed by atoms with Crippen LogP contribution in [-0.2, 0) is 14.3 Å². The Hall–Kier alpha value is -4.14. The fourth-order valence-corrected chi connectivity index (χ4v) is 3.36. The van der Waals surface area contributed by atoms with Gasteiger partial charge in [0.05, 0.1) is 41.2 Å². The second-order valence-corrected chi connectivity index (χ2v) is 6.80. The number of aromatic nitrogens is 2. The summed E-state index contributed by atoms with van der Waals surface area (Å²) in [5.41, 5.74) is 2.07. The number of carbonyl (C=O) groups is 3. The molecule has 0 unspecified atom stereocenters. The lowest BCUT2D eigenvalue weighted by Gasteiger charge is -2.29. The van der Waals surface area contributed by atoms with E-state index in [0.29, 0.717) is 16.6 Å². The van der Waals surface area contributed by atoms with Gasteiger partial charge in [0.15, 0.2) is 0 Å². The molecule has 1 aromatic heterocycles. The predicted molar refractivity (Wildman–Crippen MR) is 111 cm³/mol. The number of amides is 2. The molecule has 158 valence electrons. The van der Waals surface area contributed by atoms with Crippen LogP contribution in [0.4, 0.5) is 4.79 Å². The van der Waals surface area contributed by atoms with Gasteiger partial charge in [-0.3, -0.25) is 5.10 Å². The van der Waals surface area contributed by atoms with E-state index in [-0.39, 0.29) is 24.5 Å². The molecule has 0 saturated carbocycles. The summed E-state index contributed by atoms with van der Waals surface area (Å²) < 4.78 is 10.6. The number of rotatable bonds is 6. The summed E-state index contributed by atoms with van der Waals surface area (Å²) in [7, 11) is 0. The van der Waals surface area contributed by atoms with Crippen LogP contribution < -0.4 is 10.6 Å². The van der Waals surface area contributed by atoms with E-state index < -0.39 is 24.0 Å². The Labute approximate surface area is 177 Å². The van der Waals surface area contributed by atoms with E-state index in [0.717, 1.165) is 5.39 Å². The second-order valence-electron chi connectivity index (χ2n) is 6.80. The maximum atomic E-state index is 12.7. The van der Waals surface area contributed by atoms with E-state index in [1.807, 2.05) is 6.07 Å². The molecule has 1 atom stereocenters. The molecule has 1 aliphatic rings. The first-order valence-corrected chi connectivity index (χ1v) is 9.69. The minimum Gasteiger partial charge on any atom is -0.463 e. The number of nitrogens with one attached hydrogen (secondary N) is 3. The van der Waals surface area contributed by atoms with Crippen LogP contribution >= 0.6 is 0 Å². The Morgan fingerprint density at radius 2 is 1.87 bits per heavy atom. The van der Waals surface area contributed by atoms with Crippen LogP contribution in [-0.4, -0.2) is 41.4 Å². The quantitative estimate of drug-likeness (QED) is 0.527. The number of benzene rings is 2. The van der Waals surface area contributed by atoms with Gasteiger partial charge < -0.3 is 20.1 Å². The van der Waals surface area contributed by atoms with Gasteiger partial charge in [-0.15, -0.1) is 0 Å². The number of H-pyrrole nitrogens is 1. The Bertz CT molecular complexity index is 1170. The highest BCUT2D eigenvalue weighted by molar-refractivity contribution is 5.96. The fraction of sp³-hybridized carbons (Fsp3) is 0.182. The van der Waals surface area contributed by atoms with Gasteiger partial charge in [0.25, 0.3) is 0 Å². The molecule has 3 aromatic rings. The lowest BCUT2D eigenvalue weighted by Crippen LogP contribution is -2.47. The largest absolute Gasteiger partial charge is 0.463 e. The van der Waals surface area contributed by atoms with E-state index in [4.69, 9.17) is 9.47 Å². The third-order valence-electron chi connectivity index (χ3n) is 4.81. The summed E-state index contributed by atoms with van der Waals surface area (Å²) in [4.78, 5) is 37.5. The molecule has 2 amide bonds. The van der Waals surface area contributed by atoms with Crippen LogP contribution in [0.5, 0.6) is 0 Å². The van der Waals surface area contributed by atoms with E-state index in [1.54, 1.807) is 55.6 Å². The molecule has 31 heavy (non-hydrogen) atoms. The lowest BCUT2D eigenvalue weighted by molar-refractivity contribution is -0.139. The Balaban J connectivity index is 1.62. The summed E-state index contributed by atoms with van der Waals surface area (Å²) >= 11 is 0. The molecule has 0 saturated heterocycles. The maximum Gasteiger partial charge on any atom is 0.338 e. The lowest BCUT2D eigenvalue weighted by atomic mass is 9.95. The number of aromatic amines is 1. The van der Waals surface area contributed by atoms with E-state index in [2.05, 4.69) is 20.8 Å². The maximum absolute atomic E-state index is 12.7. The third kappa shape index (κ3) is 4.25. The van der Waals surface area contributed by atoms with Gasteiger partial charge in [0, 0.05) is 5.39 Å². The van der Waals surface area contributed by atoms with E-state index >= 15 is 0 Å². The topological polar surface area (TPSA) is 122 Å². The number of ether oxygens (including phenoxy) is 2. The molecule has 3 N–H and O–H groups in total. The first kappa shape index (κ1) is 20.1. The molecule has 0 radical (unpaired) electrons. The molecule has 2 heterocycles. The van der Waals surface area contributed by atoms with Crippen LogP contribution in [0.25, 0.3) is 10.9 Å². The van der Waals surface area contributed by atoms with Crippen molar-refractivity contribution in [2.75, 3.05) is 13.2 Å². The Kier molecular flexibility index (Phi) is 5.65. The highest BCUT2D eigenvalue weighted by atomic mass is 16.5. The smallest absolute Gasteiger partial charge is 0.338 e. The van der Waals surface area contributed by atoms with Crippen LogP contribution in [0, 0.1) is 0 Å². The van der Waals surface area contributed by atoms with Gasteiger partial charge in [-0.2, -0.15) is 5.10 Å². The van der Waals surface area contributed by atoms with Crippen LogP contribution in [0.1, 0.15) is 28.9 Å². The standard InChI is InChI=1S/C22H20N4O5/c1-2-30-21(28)18-17(24-22(29)25-19(18)13-6-4-3-5-7-13)12-31-20(27)14-8-9-15-11-23-26-16(15)10-14/h3-11,19H,2,12H2,1H3,(H,23,26)(H2,24,25,29)/t19-/m0/s1. The van der Waals surface area contributed by atoms with Gasteiger partial charge in [-0.05, 0) is 24.6 Å². The van der Waals surface area contributed by atoms with Crippen LogP contribution in [0.15, 0.2) is 66.0 Å². The Morgan fingerprint density at radius 1 is 1.06 bits per heavy atom. The minimum atomic E-state index is -0.732. The molecule has 2 aromatic carbocycles. The number of nitrogens with zero attached hydrogens (tertiary/aromatic N) is 1. The molecule has 9 nitrogen and oxygen atoms in total. The van der Waals surface area contributed by atoms with E-state index in [9.17, 15) is 14.4 Å². The second kappa shape index (κ2) is 8.70. The predicted octanol–water partition coefficient (Wildman–Crippen LogP) is 2.59. The van der Waals surface area contributed by atoms with Crippen molar-refractivity contribution in [1.82, 2.24) is 20.8 Å². The SMILES string of the molecule is CCOC(=O)C1=C(COC(=O)c2ccc3cn[nH]c3c2)NC(=O)N[C@H]1c1ccccc1. The normalized spacial score (nSPS) is 15.9. The molecule has 9 heteroatoms. The number of esters is 2. The highest BCUT2D eigenvalue weighted by Crippen LogP contribution is 2.28. The summed E-state index contributed by atoms with van der Waals surface area (Å²) in [5.74, 6) is -1.20. The molecule has 0 bridgehead atoms. The number of hydrogen-bond donors (Lipinski definition) is 3. The molecule has 0 fully saturated rings. The monoisotopic (exact) mass is 420 g/mol. The number of urea groups is 1. The number of hydrogen-bond acceptors (Lipinski definition) is 6. The van der Waals surface area contributed by atoms with Crippen molar-refractivity contribution in [3.63, 3.8) is 0 Å². The van der Waals surface area contributed by atoms with Gasteiger partial charge in [0.2, 0.25) is 0 Å². The van der Waals surface area contributed by atoms with E-state index in [1.165, 1.54) is 0 Å². The number of fused-ring (bicyclic) bond motifs is 1. The zero-order chi connectivity index (χ0) is 21.8. The minimum absolute atomic E-state index is 0.162. The molecule has 1 aliphatic heterocycles. The van der Waals surface area contributed by atoms with Crippen molar-refractivity contribution < 1.29 is 23.9 Å². The van der Waals surface area contributed by atoms with Gasteiger partial charge in [0.1, 0.15) is 6.61 Å². The zero-order valence-electron chi connectivity index (χ0n) is 16.7. The van der Waals surface area contributed by atoms with Crippen molar-refractivity contribution in [2.45, 2.75) is 13.0 Å². The molecule has 0 aliphatic carbocycles. The molecular formula is C22H20N4O5. The summed E-state index contributed by atoms with van der Waals surface area (Å²) in [6.45, 7) is 1.55. The van der Waals surface area contributed by atoms with Crippen molar-refractivity contribution >= 4 is 28.9 Å². The fourth-order valence-electron chi connectivity index (χ4n) is 3.36. The summed E-state index contributed by atoms with van der Waals surface area (Å²) in [5, 5.41) is 12.9. The van der Waals surface area contributed by atoms with Crippen molar-refractivity contribution in [2.24, 2.45) is 0 Å². The van der Waals surface area contributed by atoms with Gasteiger partial charge in [-0.1, -0.05) is 36.4 Å². The van der Waals surface area contributed by atoms with Gasteiger partial charge >= 0.3 is 18.0 Å². The van der Waals surface area contributed by atoms with Crippen molar-refractivity contribution in [3.05, 3.63) is 77.1 Å². The summed E-state index contributed by atoms with van der Waals surface area (Å²) in [6, 6.07) is 12.8. The molecule has 4 rings (SSSR count). The third-order valence-corrected chi connectivity index (χ3v) is 4.81. The first-order chi connectivity index (χ1) is 15.1. The van der Waals surface area contributed by atoms with Crippen LogP contribution in [0.2, 0.25) is 0 Å². The average Bonchev–Trinajstić information content (AvgIpc) is 3.25. The summed E-state index contributed by atoms with van der Waals surface area (Å²) in [6.07, 6.45) is 1.65. The molecular weight excluding hydrogens is 400 g/mol. The van der Waals surface area contributed by atoms with Crippen LogP contribution in [0.3, 0.4) is 0 Å². The van der Waals surface area contributed by atoms with Crippen molar-refractivity contribution in [3.8, 4) is 0 Å². The Morgan fingerprint density at radius 3 is 2.65 bits per heavy atom. The first-order valence-electron chi connectivity index (χ1n) is 9.69. The number of carbonyl (C=O) groups excluding carboxylic acids is 3. The van der Waals surface area contributed by atoms with Gasteiger partial charge in [-0.25, -0.2) is 14.4 Å². The average molecular weight is 420 g/mol.